The van der Waals surface area contributed by atoms with Crippen LogP contribution in [0.2, 0.25) is 10.0 Å². The molecule has 0 aromatic heterocycles. The highest BCUT2D eigenvalue weighted by molar-refractivity contribution is 6.36. The van der Waals surface area contributed by atoms with E-state index in [4.69, 9.17) is 23.2 Å². The quantitative estimate of drug-likeness (QED) is 0.815. The SMILES string of the molecule is Cc1ccc([C@@H](CNC(=O)c2ccc(Cl)cc2Cl)N2CCN(C)CC2)cc1. The summed E-state index contributed by atoms with van der Waals surface area (Å²) in [6.07, 6.45) is 0. The van der Waals surface area contributed by atoms with Gasteiger partial charge in [0.05, 0.1) is 16.6 Å². The van der Waals surface area contributed by atoms with Crippen LogP contribution in [0.15, 0.2) is 42.5 Å². The highest BCUT2D eigenvalue weighted by Crippen LogP contribution is 2.24. The predicted octanol–water partition coefficient (Wildman–Crippen LogP) is 4.02. The van der Waals surface area contributed by atoms with E-state index in [0.717, 1.165) is 26.2 Å². The molecule has 4 nitrogen and oxygen atoms in total. The Morgan fingerprint density at radius 2 is 1.74 bits per heavy atom. The predicted molar refractivity (Wildman–Crippen MR) is 112 cm³/mol. The maximum absolute atomic E-state index is 12.6. The van der Waals surface area contributed by atoms with Gasteiger partial charge in [0, 0.05) is 37.7 Å². The van der Waals surface area contributed by atoms with E-state index in [1.165, 1.54) is 11.1 Å². The lowest BCUT2D eigenvalue weighted by molar-refractivity contribution is 0.0886. The summed E-state index contributed by atoms with van der Waals surface area (Å²) >= 11 is 12.1. The maximum atomic E-state index is 12.6. The average molecular weight is 406 g/mol. The number of nitrogens with zero attached hydrogens (tertiary/aromatic N) is 2. The Balaban J connectivity index is 1.74. The molecule has 0 radical (unpaired) electrons. The van der Waals surface area contributed by atoms with Gasteiger partial charge in [-0.05, 0) is 37.7 Å². The highest BCUT2D eigenvalue weighted by atomic mass is 35.5. The van der Waals surface area contributed by atoms with Crippen molar-refractivity contribution in [2.45, 2.75) is 13.0 Å². The molecule has 0 aliphatic carbocycles. The van der Waals surface area contributed by atoms with Crippen molar-refractivity contribution in [2.75, 3.05) is 39.8 Å². The maximum Gasteiger partial charge on any atom is 0.252 e. The summed E-state index contributed by atoms with van der Waals surface area (Å²) in [6.45, 7) is 6.63. The largest absolute Gasteiger partial charge is 0.350 e. The van der Waals surface area contributed by atoms with Crippen LogP contribution < -0.4 is 5.32 Å². The second-order valence-corrected chi connectivity index (χ2v) is 7.94. The zero-order valence-electron chi connectivity index (χ0n) is 15.7. The Morgan fingerprint density at radius 3 is 2.37 bits per heavy atom. The van der Waals surface area contributed by atoms with Crippen molar-refractivity contribution >= 4 is 29.1 Å². The highest BCUT2D eigenvalue weighted by Gasteiger charge is 2.24. The molecule has 3 rings (SSSR count). The van der Waals surface area contributed by atoms with Crippen molar-refractivity contribution in [3.05, 3.63) is 69.2 Å². The molecule has 0 saturated carbocycles. The number of carbonyl (C=O) groups is 1. The first-order valence-corrected chi connectivity index (χ1v) is 9.92. The van der Waals surface area contributed by atoms with Crippen LogP contribution in [0.5, 0.6) is 0 Å². The molecule has 1 aliphatic rings. The zero-order valence-corrected chi connectivity index (χ0v) is 17.2. The first-order chi connectivity index (χ1) is 12.9. The topological polar surface area (TPSA) is 35.6 Å². The molecule has 0 unspecified atom stereocenters. The Kier molecular flexibility index (Phi) is 6.77. The normalized spacial score (nSPS) is 16.9. The molecular formula is C21H25Cl2N3O. The van der Waals surface area contributed by atoms with Gasteiger partial charge in [-0.2, -0.15) is 0 Å². The first kappa shape index (κ1) is 20.2. The summed E-state index contributed by atoms with van der Waals surface area (Å²) in [7, 11) is 2.14. The summed E-state index contributed by atoms with van der Waals surface area (Å²) in [6, 6.07) is 13.6. The molecule has 144 valence electrons. The van der Waals surface area contributed by atoms with Crippen LogP contribution in [0, 0.1) is 6.92 Å². The Bertz CT molecular complexity index is 787. The number of benzene rings is 2. The van der Waals surface area contributed by atoms with Crippen LogP contribution in [-0.2, 0) is 0 Å². The summed E-state index contributed by atoms with van der Waals surface area (Å²) in [5.74, 6) is -0.178. The number of rotatable bonds is 5. The minimum absolute atomic E-state index is 0.134. The Hall–Kier alpha value is -1.59. The van der Waals surface area contributed by atoms with Crippen LogP contribution in [-0.4, -0.2) is 55.5 Å². The van der Waals surface area contributed by atoms with Gasteiger partial charge in [0.2, 0.25) is 0 Å². The number of hydrogen-bond donors (Lipinski definition) is 1. The van der Waals surface area contributed by atoms with Gasteiger partial charge in [0.1, 0.15) is 0 Å². The fourth-order valence-corrected chi connectivity index (χ4v) is 3.83. The fourth-order valence-electron chi connectivity index (χ4n) is 3.34. The molecule has 0 bridgehead atoms. The minimum Gasteiger partial charge on any atom is -0.350 e. The van der Waals surface area contributed by atoms with Gasteiger partial charge in [0.25, 0.3) is 5.91 Å². The lowest BCUT2D eigenvalue weighted by atomic mass is 10.0. The average Bonchev–Trinajstić information content (AvgIpc) is 2.64. The van der Waals surface area contributed by atoms with Crippen LogP contribution >= 0.6 is 23.2 Å². The van der Waals surface area contributed by atoms with Crippen LogP contribution in [0.3, 0.4) is 0 Å². The van der Waals surface area contributed by atoms with Crippen molar-refractivity contribution in [3.8, 4) is 0 Å². The lowest BCUT2D eigenvalue weighted by Gasteiger charge is -2.38. The van der Waals surface area contributed by atoms with E-state index in [2.05, 4.69) is 53.4 Å². The molecule has 1 amide bonds. The molecule has 27 heavy (non-hydrogen) atoms. The third-order valence-electron chi connectivity index (χ3n) is 5.07. The third kappa shape index (κ3) is 5.23. The molecule has 1 N–H and O–H groups in total. The summed E-state index contributed by atoms with van der Waals surface area (Å²) in [5, 5.41) is 3.95. The van der Waals surface area contributed by atoms with Gasteiger partial charge < -0.3 is 10.2 Å². The van der Waals surface area contributed by atoms with Crippen molar-refractivity contribution in [2.24, 2.45) is 0 Å². The summed E-state index contributed by atoms with van der Waals surface area (Å²) in [5.41, 5.74) is 2.89. The van der Waals surface area contributed by atoms with Crippen molar-refractivity contribution in [1.82, 2.24) is 15.1 Å². The number of aryl methyl sites for hydroxylation is 1. The number of halogens is 2. The Morgan fingerprint density at radius 1 is 1.07 bits per heavy atom. The first-order valence-electron chi connectivity index (χ1n) is 9.16. The standard InChI is InChI=1S/C21H25Cl2N3O/c1-15-3-5-16(6-4-15)20(26-11-9-25(2)10-12-26)14-24-21(27)18-8-7-17(22)13-19(18)23/h3-8,13,20H,9-12,14H2,1-2H3,(H,24,27)/t20-/m1/s1. The van der Waals surface area contributed by atoms with Gasteiger partial charge in [-0.25, -0.2) is 0 Å². The van der Waals surface area contributed by atoms with E-state index in [1.807, 2.05) is 0 Å². The second kappa shape index (κ2) is 9.07. The van der Waals surface area contributed by atoms with E-state index in [9.17, 15) is 4.79 Å². The fraction of sp³-hybridized carbons (Fsp3) is 0.381. The summed E-state index contributed by atoms with van der Waals surface area (Å²) < 4.78 is 0. The van der Waals surface area contributed by atoms with E-state index in [-0.39, 0.29) is 11.9 Å². The number of amides is 1. The van der Waals surface area contributed by atoms with E-state index in [1.54, 1.807) is 18.2 Å². The van der Waals surface area contributed by atoms with Gasteiger partial charge in [-0.15, -0.1) is 0 Å². The molecule has 0 spiro atoms. The van der Waals surface area contributed by atoms with Crippen LogP contribution in [0.25, 0.3) is 0 Å². The number of nitrogens with one attached hydrogen (secondary N) is 1. The number of likely N-dealkylation sites (N-methyl/N-ethyl adjacent to an activating group) is 1. The van der Waals surface area contributed by atoms with E-state index < -0.39 is 0 Å². The molecule has 2 aromatic rings. The van der Waals surface area contributed by atoms with E-state index in [0.29, 0.717) is 22.2 Å². The van der Waals surface area contributed by atoms with Crippen LogP contribution in [0.1, 0.15) is 27.5 Å². The number of piperazine rings is 1. The second-order valence-electron chi connectivity index (χ2n) is 7.10. The van der Waals surface area contributed by atoms with Crippen molar-refractivity contribution in [3.63, 3.8) is 0 Å². The number of carbonyl (C=O) groups excluding carboxylic acids is 1. The van der Waals surface area contributed by atoms with Crippen LogP contribution in [0.4, 0.5) is 0 Å². The van der Waals surface area contributed by atoms with Gasteiger partial charge in [0.15, 0.2) is 0 Å². The molecule has 1 saturated heterocycles. The molecular weight excluding hydrogens is 381 g/mol. The Labute approximate surface area is 171 Å². The molecule has 1 heterocycles. The molecule has 1 fully saturated rings. The number of hydrogen-bond acceptors (Lipinski definition) is 3. The molecule has 6 heteroatoms. The van der Waals surface area contributed by atoms with E-state index >= 15 is 0 Å². The molecule has 1 aliphatic heterocycles. The van der Waals surface area contributed by atoms with Gasteiger partial charge >= 0.3 is 0 Å². The molecule has 2 aromatic carbocycles. The monoisotopic (exact) mass is 405 g/mol. The minimum atomic E-state index is -0.178. The smallest absolute Gasteiger partial charge is 0.252 e. The van der Waals surface area contributed by atoms with Gasteiger partial charge in [-0.3, -0.25) is 9.69 Å². The third-order valence-corrected chi connectivity index (χ3v) is 5.62. The zero-order chi connectivity index (χ0) is 19.4. The van der Waals surface area contributed by atoms with Crippen molar-refractivity contribution in [1.29, 1.82) is 0 Å². The molecule has 1 atom stereocenters. The van der Waals surface area contributed by atoms with Crippen molar-refractivity contribution < 1.29 is 4.79 Å². The van der Waals surface area contributed by atoms with Gasteiger partial charge in [-0.1, -0.05) is 53.0 Å². The summed E-state index contributed by atoms with van der Waals surface area (Å²) in [4.78, 5) is 17.4. The lowest BCUT2D eigenvalue weighted by Crippen LogP contribution is -2.48.